The van der Waals surface area contributed by atoms with Crippen LogP contribution in [0.25, 0.3) is 0 Å². The molecule has 122 valence electrons. The fourth-order valence-electron chi connectivity index (χ4n) is 2.77. The normalized spacial score (nSPS) is 11.2. The van der Waals surface area contributed by atoms with Crippen molar-refractivity contribution in [2.75, 3.05) is 0 Å². The number of benzene rings is 3. The highest BCUT2D eigenvalue weighted by Crippen LogP contribution is 2.33. The Labute approximate surface area is 146 Å². The minimum atomic E-state index is -0.538. The first-order valence-electron chi connectivity index (χ1n) is 8.47. The van der Waals surface area contributed by atoms with Crippen molar-refractivity contribution < 1.29 is 0 Å². The van der Waals surface area contributed by atoms with Crippen molar-refractivity contribution in [3.63, 3.8) is 0 Å². The Morgan fingerprint density at radius 3 is 1.75 bits per heavy atom. The van der Waals surface area contributed by atoms with E-state index in [0.29, 0.717) is 6.04 Å². The van der Waals surface area contributed by atoms with Crippen LogP contribution in [0.2, 0.25) is 0 Å². The molecule has 3 rings (SSSR count). The summed E-state index contributed by atoms with van der Waals surface area (Å²) in [5.74, 6) is 0. The second kappa shape index (κ2) is 8.24. The lowest BCUT2D eigenvalue weighted by molar-refractivity contribution is 0.590. The number of rotatable bonds is 6. The molecule has 0 aliphatic heterocycles. The van der Waals surface area contributed by atoms with E-state index in [2.05, 4.69) is 104 Å². The average molecular weight is 333 g/mol. The third kappa shape index (κ3) is 4.12. The second-order valence-corrected chi connectivity index (χ2v) is 8.36. The Bertz CT molecular complexity index is 714. The summed E-state index contributed by atoms with van der Waals surface area (Å²) in [4.78, 5) is 0. The van der Waals surface area contributed by atoms with Gasteiger partial charge in [0, 0.05) is 12.6 Å². The fraction of sp³-hybridized carbons (Fsp3) is 0.182. The first kappa shape index (κ1) is 16.9. The molecule has 0 heterocycles. The van der Waals surface area contributed by atoms with Gasteiger partial charge in [0.2, 0.25) is 0 Å². The van der Waals surface area contributed by atoms with E-state index in [1.165, 1.54) is 21.5 Å². The summed E-state index contributed by atoms with van der Waals surface area (Å²) in [5.41, 5.74) is 1.39. The van der Waals surface area contributed by atoms with Crippen LogP contribution in [0.15, 0.2) is 84.9 Å². The highest BCUT2D eigenvalue weighted by Gasteiger charge is 2.18. The maximum absolute atomic E-state index is 3.57. The Balaban J connectivity index is 2.07. The van der Waals surface area contributed by atoms with Crippen LogP contribution in [0.5, 0.6) is 0 Å². The lowest BCUT2D eigenvalue weighted by Crippen LogP contribution is -2.28. The average Bonchev–Trinajstić information content (AvgIpc) is 2.63. The molecule has 0 aliphatic rings. The van der Waals surface area contributed by atoms with Crippen LogP contribution in [0, 0.1) is 0 Å². The SMILES string of the molecule is CC(C)NCc1ccccc1P(c1ccccc1)c1ccccc1. The van der Waals surface area contributed by atoms with Crippen molar-refractivity contribution in [3.8, 4) is 0 Å². The topological polar surface area (TPSA) is 12.0 Å². The van der Waals surface area contributed by atoms with Gasteiger partial charge in [-0.25, -0.2) is 0 Å². The van der Waals surface area contributed by atoms with Gasteiger partial charge in [-0.05, 0) is 29.4 Å². The molecule has 0 atom stereocenters. The summed E-state index contributed by atoms with van der Waals surface area (Å²) in [6, 6.07) is 31.1. The smallest absolute Gasteiger partial charge is 0.0214 e. The Hall–Kier alpha value is -1.95. The first-order valence-corrected chi connectivity index (χ1v) is 9.81. The molecule has 0 aliphatic carbocycles. The summed E-state index contributed by atoms with van der Waals surface area (Å²) in [5, 5.41) is 7.81. The van der Waals surface area contributed by atoms with Crippen LogP contribution < -0.4 is 21.2 Å². The fourth-order valence-corrected chi connectivity index (χ4v) is 5.24. The van der Waals surface area contributed by atoms with Crippen molar-refractivity contribution in [2.45, 2.75) is 26.4 Å². The van der Waals surface area contributed by atoms with Crippen LogP contribution in [-0.2, 0) is 6.54 Å². The van der Waals surface area contributed by atoms with Gasteiger partial charge in [-0.1, -0.05) is 98.8 Å². The summed E-state index contributed by atoms with van der Waals surface area (Å²) >= 11 is 0. The Kier molecular flexibility index (Phi) is 5.80. The molecule has 2 heteroatoms. The first-order chi connectivity index (χ1) is 11.8. The van der Waals surface area contributed by atoms with Crippen molar-refractivity contribution in [1.82, 2.24) is 5.32 Å². The molecule has 3 aromatic carbocycles. The molecule has 3 aromatic rings. The molecule has 0 saturated heterocycles. The minimum absolute atomic E-state index is 0.484. The predicted octanol–water partition coefficient (Wildman–Crippen LogP) is 3.94. The maximum Gasteiger partial charge on any atom is 0.0214 e. The summed E-state index contributed by atoms with van der Waals surface area (Å²) in [7, 11) is -0.538. The van der Waals surface area contributed by atoms with Crippen molar-refractivity contribution in [2.24, 2.45) is 0 Å². The maximum atomic E-state index is 3.57. The van der Waals surface area contributed by atoms with Gasteiger partial charge >= 0.3 is 0 Å². The molecular weight excluding hydrogens is 309 g/mol. The minimum Gasteiger partial charge on any atom is -0.310 e. The standard InChI is InChI=1S/C22H24NP/c1-18(2)23-17-19-11-9-10-16-22(19)24(20-12-5-3-6-13-20)21-14-7-4-8-15-21/h3-16,18,23H,17H2,1-2H3. The van der Waals surface area contributed by atoms with Gasteiger partial charge in [-0.2, -0.15) is 0 Å². The molecule has 0 amide bonds. The quantitative estimate of drug-likeness (QED) is 0.674. The molecule has 0 bridgehead atoms. The van der Waals surface area contributed by atoms with E-state index in [9.17, 15) is 0 Å². The molecule has 0 spiro atoms. The highest BCUT2D eigenvalue weighted by molar-refractivity contribution is 7.79. The van der Waals surface area contributed by atoms with Crippen LogP contribution in [0.4, 0.5) is 0 Å². The van der Waals surface area contributed by atoms with E-state index in [1.807, 2.05) is 0 Å². The Morgan fingerprint density at radius 1 is 0.708 bits per heavy atom. The number of nitrogens with one attached hydrogen (secondary N) is 1. The third-order valence-corrected chi connectivity index (χ3v) is 6.51. The van der Waals surface area contributed by atoms with Gasteiger partial charge in [-0.3, -0.25) is 0 Å². The molecule has 0 saturated carbocycles. The monoisotopic (exact) mass is 333 g/mol. The molecule has 24 heavy (non-hydrogen) atoms. The Morgan fingerprint density at radius 2 is 1.21 bits per heavy atom. The lowest BCUT2D eigenvalue weighted by atomic mass is 10.2. The molecule has 0 radical (unpaired) electrons. The molecule has 1 nitrogen and oxygen atoms in total. The second-order valence-electron chi connectivity index (χ2n) is 6.17. The van der Waals surface area contributed by atoms with Gasteiger partial charge in [-0.15, -0.1) is 0 Å². The largest absolute Gasteiger partial charge is 0.310 e. The van der Waals surface area contributed by atoms with Gasteiger partial charge in [0.1, 0.15) is 0 Å². The molecular formula is C22H24NP. The summed E-state index contributed by atoms with van der Waals surface area (Å²) in [6.07, 6.45) is 0. The van der Waals surface area contributed by atoms with Gasteiger partial charge in [0.25, 0.3) is 0 Å². The van der Waals surface area contributed by atoms with E-state index in [4.69, 9.17) is 0 Å². The van der Waals surface area contributed by atoms with Crippen molar-refractivity contribution in [1.29, 1.82) is 0 Å². The number of hydrogen-bond acceptors (Lipinski definition) is 1. The lowest BCUT2D eigenvalue weighted by Gasteiger charge is -2.23. The summed E-state index contributed by atoms with van der Waals surface area (Å²) in [6.45, 7) is 5.30. The van der Waals surface area contributed by atoms with Crippen molar-refractivity contribution >= 4 is 23.8 Å². The zero-order valence-electron chi connectivity index (χ0n) is 14.3. The highest BCUT2D eigenvalue weighted by atomic mass is 31.1. The van der Waals surface area contributed by atoms with Gasteiger partial charge in [0.15, 0.2) is 0 Å². The third-order valence-electron chi connectivity index (χ3n) is 3.96. The van der Waals surface area contributed by atoms with Crippen LogP contribution in [0.3, 0.4) is 0 Å². The van der Waals surface area contributed by atoms with Gasteiger partial charge in [0.05, 0.1) is 0 Å². The van der Waals surface area contributed by atoms with Crippen LogP contribution in [0.1, 0.15) is 19.4 Å². The van der Waals surface area contributed by atoms with E-state index >= 15 is 0 Å². The van der Waals surface area contributed by atoms with E-state index in [1.54, 1.807) is 0 Å². The van der Waals surface area contributed by atoms with E-state index in [-0.39, 0.29) is 0 Å². The zero-order valence-corrected chi connectivity index (χ0v) is 15.2. The van der Waals surface area contributed by atoms with E-state index < -0.39 is 7.92 Å². The van der Waals surface area contributed by atoms with Gasteiger partial charge < -0.3 is 5.32 Å². The van der Waals surface area contributed by atoms with Crippen LogP contribution in [-0.4, -0.2) is 6.04 Å². The van der Waals surface area contributed by atoms with Crippen LogP contribution >= 0.6 is 7.92 Å². The zero-order chi connectivity index (χ0) is 16.8. The van der Waals surface area contributed by atoms with Crippen molar-refractivity contribution in [3.05, 3.63) is 90.5 Å². The molecule has 1 N–H and O–H groups in total. The van der Waals surface area contributed by atoms with E-state index in [0.717, 1.165) is 6.54 Å². The predicted molar refractivity (Wildman–Crippen MR) is 107 cm³/mol. The molecule has 0 unspecified atom stereocenters. The number of hydrogen-bond donors (Lipinski definition) is 1. The summed E-state index contributed by atoms with van der Waals surface area (Å²) < 4.78 is 0. The molecule has 0 aromatic heterocycles. The molecule has 0 fully saturated rings.